The maximum absolute atomic E-state index is 11.6. The molecule has 16 heavy (non-hydrogen) atoms. The number of nitrogens with two attached hydrogens (primary N) is 1. The molecule has 0 aliphatic rings. The predicted molar refractivity (Wildman–Crippen MR) is 71.1 cm³/mol. The Labute approximate surface area is 101 Å². The second-order valence-electron chi connectivity index (χ2n) is 3.80. The van der Waals surface area contributed by atoms with Crippen molar-refractivity contribution < 1.29 is 4.79 Å². The van der Waals surface area contributed by atoms with Gasteiger partial charge in [-0.15, -0.1) is 0 Å². The van der Waals surface area contributed by atoms with Crippen LogP contribution in [-0.2, 0) is 6.54 Å². The zero-order valence-corrected chi connectivity index (χ0v) is 11.0. The molecule has 0 aromatic heterocycles. The number of hydrogen-bond acceptors (Lipinski definition) is 3. The van der Waals surface area contributed by atoms with Gasteiger partial charge >= 0.3 is 0 Å². The minimum atomic E-state index is 0.0259. The van der Waals surface area contributed by atoms with Gasteiger partial charge in [0.15, 0.2) is 0 Å². The Hall–Kier alpha value is -1.00. The molecule has 0 heterocycles. The third-order valence-corrected chi connectivity index (χ3v) is 3.35. The highest BCUT2D eigenvalue weighted by molar-refractivity contribution is 8.13. The van der Waals surface area contributed by atoms with E-state index in [9.17, 15) is 4.79 Å². The van der Waals surface area contributed by atoms with E-state index in [4.69, 9.17) is 5.73 Å². The van der Waals surface area contributed by atoms with Crippen molar-refractivity contribution >= 4 is 22.7 Å². The van der Waals surface area contributed by atoms with Crippen LogP contribution in [0.2, 0.25) is 0 Å². The molecule has 4 heteroatoms. The molecule has 1 rings (SSSR count). The van der Waals surface area contributed by atoms with E-state index in [1.165, 1.54) is 22.9 Å². The summed E-state index contributed by atoms with van der Waals surface area (Å²) in [5.74, 6) is 0. The topological polar surface area (TPSA) is 46.3 Å². The maximum Gasteiger partial charge on any atom is 0.285 e. The smallest absolute Gasteiger partial charge is 0.285 e. The normalized spacial score (nSPS) is 10.3. The summed E-state index contributed by atoms with van der Waals surface area (Å²) in [6.45, 7) is 4.54. The molecular formula is C12H18N2OS. The monoisotopic (exact) mass is 238 g/mol. The number of rotatable bonds is 2. The van der Waals surface area contributed by atoms with E-state index in [0.717, 1.165) is 11.3 Å². The van der Waals surface area contributed by atoms with Crippen molar-refractivity contribution in [1.82, 2.24) is 0 Å². The molecule has 0 saturated heterocycles. The SMILES string of the molecule is CSC(=O)N(C)c1cc(C)c(C)cc1CN. The van der Waals surface area contributed by atoms with Crippen LogP contribution >= 0.6 is 11.8 Å². The van der Waals surface area contributed by atoms with Crippen LogP contribution in [0.3, 0.4) is 0 Å². The van der Waals surface area contributed by atoms with Crippen LogP contribution in [0.5, 0.6) is 0 Å². The lowest BCUT2D eigenvalue weighted by molar-refractivity contribution is 0.266. The molecular weight excluding hydrogens is 220 g/mol. The number of carbonyl (C=O) groups is 1. The summed E-state index contributed by atoms with van der Waals surface area (Å²) in [5.41, 5.74) is 10.00. The predicted octanol–water partition coefficient (Wildman–Crippen LogP) is 2.68. The first-order valence-corrected chi connectivity index (χ1v) is 6.35. The first-order valence-electron chi connectivity index (χ1n) is 5.13. The van der Waals surface area contributed by atoms with Gasteiger partial charge in [0, 0.05) is 19.3 Å². The highest BCUT2D eigenvalue weighted by atomic mass is 32.2. The third kappa shape index (κ3) is 2.57. The van der Waals surface area contributed by atoms with Crippen molar-refractivity contribution in [3.8, 4) is 0 Å². The molecule has 0 unspecified atom stereocenters. The fraction of sp³-hybridized carbons (Fsp3) is 0.417. The van der Waals surface area contributed by atoms with Gasteiger partial charge in [0.25, 0.3) is 5.24 Å². The molecule has 0 aliphatic heterocycles. The molecule has 0 atom stereocenters. The first kappa shape index (κ1) is 13.1. The average molecular weight is 238 g/mol. The van der Waals surface area contributed by atoms with Gasteiger partial charge in [-0.25, -0.2) is 0 Å². The molecule has 0 spiro atoms. The van der Waals surface area contributed by atoms with Gasteiger partial charge in [-0.2, -0.15) is 0 Å². The van der Waals surface area contributed by atoms with Crippen LogP contribution in [-0.4, -0.2) is 18.5 Å². The van der Waals surface area contributed by atoms with E-state index in [0.29, 0.717) is 6.54 Å². The highest BCUT2D eigenvalue weighted by Crippen LogP contribution is 2.25. The molecule has 0 bridgehead atoms. The summed E-state index contributed by atoms with van der Waals surface area (Å²) < 4.78 is 0. The zero-order chi connectivity index (χ0) is 12.3. The maximum atomic E-state index is 11.6. The summed E-state index contributed by atoms with van der Waals surface area (Å²) in [6, 6.07) is 4.07. The number of hydrogen-bond donors (Lipinski definition) is 1. The number of benzene rings is 1. The highest BCUT2D eigenvalue weighted by Gasteiger charge is 2.14. The summed E-state index contributed by atoms with van der Waals surface area (Å²) >= 11 is 1.20. The van der Waals surface area contributed by atoms with E-state index < -0.39 is 0 Å². The largest absolute Gasteiger partial charge is 0.326 e. The van der Waals surface area contributed by atoms with Crippen molar-refractivity contribution in [3.63, 3.8) is 0 Å². The summed E-state index contributed by atoms with van der Waals surface area (Å²) in [7, 11) is 1.78. The van der Waals surface area contributed by atoms with Gasteiger partial charge in [-0.3, -0.25) is 4.79 Å². The molecule has 1 aromatic carbocycles. The van der Waals surface area contributed by atoms with Crippen molar-refractivity contribution in [2.45, 2.75) is 20.4 Å². The number of anilines is 1. The van der Waals surface area contributed by atoms with Crippen LogP contribution in [0.15, 0.2) is 12.1 Å². The van der Waals surface area contributed by atoms with Crippen LogP contribution < -0.4 is 10.6 Å². The Bertz CT molecular complexity index is 404. The van der Waals surface area contributed by atoms with Crippen molar-refractivity contribution in [2.75, 3.05) is 18.2 Å². The van der Waals surface area contributed by atoms with Crippen LogP contribution in [0.25, 0.3) is 0 Å². The molecule has 88 valence electrons. The van der Waals surface area contributed by atoms with Gasteiger partial charge in [0.05, 0.1) is 0 Å². The fourth-order valence-corrected chi connectivity index (χ4v) is 1.94. The Balaban J connectivity index is 3.21. The second kappa shape index (κ2) is 5.37. The fourth-order valence-electron chi connectivity index (χ4n) is 1.57. The van der Waals surface area contributed by atoms with Gasteiger partial charge < -0.3 is 10.6 Å². The number of aryl methyl sites for hydroxylation is 2. The second-order valence-corrected chi connectivity index (χ2v) is 4.56. The lowest BCUT2D eigenvalue weighted by atomic mass is 10.0. The van der Waals surface area contributed by atoms with E-state index in [1.807, 2.05) is 13.0 Å². The molecule has 0 saturated carbocycles. The van der Waals surface area contributed by atoms with Gasteiger partial charge in [-0.1, -0.05) is 17.8 Å². The molecule has 0 fully saturated rings. The van der Waals surface area contributed by atoms with Crippen molar-refractivity contribution in [1.29, 1.82) is 0 Å². The Morgan fingerprint density at radius 1 is 1.38 bits per heavy atom. The van der Waals surface area contributed by atoms with E-state index >= 15 is 0 Å². The molecule has 1 aromatic rings. The number of amides is 1. The Morgan fingerprint density at radius 2 is 1.94 bits per heavy atom. The standard InChI is InChI=1S/C12H18N2OS/c1-8-5-10(7-13)11(6-9(8)2)14(3)12(15)16-4/h5-6H,7,13H2,1-4H3. The van der Waals surface area contributed by atoms with Crippen molar-refractivity contribution in [3.05, 3.63) is 28.8 Å². The number of nitrogens with zero attached hydrogens (tertiary/aromatic N) is 1. The van der Waals surface area contributed by atoms with Crippen molar-refractivity contribution in [2.24, 2.45) is 5.73 Å². The third-order valence-electron chi connectivity index (χ3n) is 2.72. The quantitative estimate of drug-likeness (QED) is 0.861. The summed E-state index contributed by atoms with van der Waals surface area (Å²) in [6.07, 6.45) is 1.78. The van der Waals surface area contributed by atoms with Gasteiger partial charge in [0.1, 0.15) is 0 Å². The Kier molecular flexibility index (Phi) is 4.38. The van der Waals surface area contributed by atoms with Crippen LogP contribution in [0.4, 0.5) is 10.5 Å². The summed E-state index contributed by atoms with van der Waals surface area (Å²) in [4.78, 5) is 13.3. The minimum absolute atomic E-state index is 0.0259. The summed E-state index contributed by atoms with van der Waals surface area (Å²) in [5, 5.41) is 0.0259. The van der Waals surface area contributed by atoms with E-state index in [1.54, 1.807) is 18.2 Å². The molecule has 1 amide bonds. The van der Waals surface area contributed by atoms with Gasteiger partial charge in [-0.05, 0) is 42.9 Å². The lowest BCUT2D eigenvalue weighted by Crippen LogP contribution is -2.23. The average Bonchev–Trinajstić information content (AvgIpc) is 2.30. The number of carbonyl (C=O) groups excluding carboxylic acids is 1. The first-order chi connectivity index (χ1) is 7.51. The molecule has 0 aliphatic carbocycles. The zero-order valence-electron chi connectivity index (χ0n) is 10.2. The molecule has 2 N–H and O–H groups in total. The number of thioether (sulfide) groups is 1. The minimum Gasteiger partial charge on any atom is -0.326 e. The molecule has 3 nitrogen and oxygen atoms in total. The lowest BCUT2D eigenvalue weighted by Gasteiger charge is -2.20. The van der Waals surface area contributed by atoms with Crippen LogP contribution in [0, 0.1) is 13.8 Å². The van der Waals surface area contributed by atoms with Gasteiger partial charge in [0.2, 0.25) is 0 Å². The van der Waals surface area contributed by atoms with E-state index in [2.05, 4.69) is 13.0 Å². The molecule has 0 radical (unpaired) electrons. The van der Waals surface area contributed by atoms with E-state index in [-0.39, 0.29) is 5.24 Å². The Morgan fingerprint density at radius 3 is 2.44 bits per heavy atom. The van der Waals surface area contributed by atoms with Crippen LogP contribution in [0.1, 0.15) is 16.7 Å².